The number of hydrogen-bond acceptors (Lipinski definition) is 3. The third kappa shape index (κ3) is 2.38. The fraction of sp³-hybridized carbons (Fsp3) is 1.00. The number of methoxy groups -OCH3 is 1. The van der Waals surface area contributed by atoms with Gasteiger partial charge in [0.05, 0.1) is 13.2 Å². The second-order valence-electron chi connectivity index (χ2n) is 6.62. The van der Waals surface area contributed by atoms with Gasteiger partial charge in [-0.1, -0.05) is 20.8 Å². The summed E-state index contributed by atoms with van der Waals surface area (Å²) >= 11 is 0. The van der Waals surface area contributed by atoms with Gasteiger partial charge in [-0.25, -0.2) is 0 Å². The highest BCUT2D eigenvalue weighted by atomic mass is 16.7. The summed E-state index contributed by atoms with van der Waals surface area (Å²) in [6, 6.07) is 0. The standard InChI is InChI=1S/C14H26O3/c1-12(2)10-13(3,6-5-7-15-4)14(11-12)16-8-9-17-14/h5-11H2,1-4H3. The molecular formula is C14H26O3. The molecule has 0 N–H and O–H groups in total. The van der Waals surface area contributed by atoms with E-state index in [1.165, 1.54) is 6.42 Å². The van der Waals surface area contributed by atoms with Gasteiger partial charge in [-0.2, -0.15) is 0 Å². The molecule has 0 bridgehead atoms. The van der Waals surface area contributed by atoms with Gasteiger partial charge in [0.2, 0.25) is 0 Å². The van der Waals surface area contributed by atoms with Gasteiger partial charge in [0, 0.05) is 25.6 Å². The lowest BCUT2D eigenvalue weighted by molar-refractivity contribution is -0.220. The summed E-state index contributed by atoms with van der Waals surface area (Å²) in [6.07, 6.45) is 4.38. The summed E-state index contributed by atoms with van der Waals surface area (Å²) in [6.45, 7) is 9.28. The lowest BCUT2D eigenvalue weighted by atomic mass is 9.77. The molecular weight excluding hydrogens is 216 g/mol. The topological polar surface area (TPSA) is 27.7 Å². The minimum atomic E-state index is -0.329. The average Bonchev–Trinajstić information content (AvgIpc) is 2.73. The van der Waals surface area contributed by atoms with Crippen LogP contribution in [0, 0.1) is 10.8 Å². The highest BCUT2D eigenvalue weighted by Gasteiger charge is 2.61. The zero-order chi connectivity index (χ0) is 12.6. The summed E-state index contributed by atoms with van der Waals surface area (Å²) in [4.78, 5) is 0. The van der Waals surface area contributed by atoms with Crippen molar-refractivity contribution in [3.63, 3.8) is 0 Å². The molecule has 1 aliphatic carbocycles. The molecule has 1 unspecified atom stereocenters. The number of rotatable bonds is 4. The van der Waals surface area contributed by atoms with Crippen molar-refractivity contribution in [2.24, 2.45) is 10.8 Å². The summed E-state index contributed by atoms with van der Waals surface area (Å²) in [5, 5.41) is 0. The van der Waals surface area contributed by atoms with Gasteiger partial charge >= 0.3 is 0 Å². The molecule has 2 rings (SSSR count). The van der Waals surface area contributed by atoms with Crippen molar-refractivity contribution in [2.75, 3.05) is 26.9 Å². The Morgan fingerprint density at radius 3 is 2.29 bits per heavy atom. The summed E-state index contributed by atoms with van der Waals surface area (Å²) in [5.41, 5.74) is 0.442. The Balaban J connectivity index is 2.11. The van der Waals surface area contributed by atoms with Crippen LogP contribution in [0.15, 0.2) is 0 Å². The zero-order valence-electron chi connectivity index (χ0n) is 11.7. The van der Waals surface area contributed by atoms with E-state index >= 15 is 0 Å². The lowest BCUT2D eigenvalue weighted by Crippen LogP contribution is -2.43. The van der Waals surface area contributed by atoms with Crippen molar-refractivity contribution < 1.29 is 14.2 Å². The first kappa shape index (κ1) is 13.3. The van der Waals surface area contributed by atoms with Gasteiger partial charge in [0.15, 0.2) is 5.79 Å². The molecule has 1 saturated heterocycles. The molecule has 2 fully saturated rings. The Bertz CT molecular complexity index is 269. The van der Waals surface area contributed by atoms with E-state index in [0.717, 1.165) is 39.1 Å². The van der Waals surface area contributed by atoms with E-state index in [9.17, 15) is 0 Å². The van der Waals surface area contributed by atoms with Crippen LogP contribution in [0.5, 0.6) is 0 Å². The fourth-order valence-electron chi connectivity index (χ4n) is 3.89. The molecule has 1 aliphatic heterocycles. The molecule has 1 atom stereocenters. The normalized spacial score (nSPS) is 34.6. The van der Waals surface area contributed by atoms with E-state index in [4.69, 9.17) is 14.2 Å². The van der Waals surface area contributed by atoms with Crippen LogP contribution in [0.1, 0.15) is 46.5 Å². The van der Waals surface area contributed by atoms with Gasteiger partial charge in [0.25, 0.3) is 0 Å². The quantitative estimate of drug-likeness (QED) is 0.709. The lowest BCUT2D eigenvalue weighted by Gasteiger charge is -2.39. The minimum absolute atomic E-state index is 0.130. The van der Waals surface area contributed by atoms with E-state index in [-0.39, 0.29) is 11.2 Å². The van der Waals surface area contributed by atoms with Gasteiger partial charge in [0.1, 0.15) is 0 Å². The Hall–Kier alpha value is -0.120. The molecule has 3 heteroatoms. The minimum Gasteiger partial charge on any atom is -0.385 e. The van der Waals surface area contributed by atoms with Crippen molar-refractivity contribution in [1.82, 2.24) is 0 Å². The molecule has 0 amide bonds. The summed E-state index contributed by atoms with van der Waals surface area (Å²) < 4.78 is 17.2. The molecule has 0 aromatic carbocycles. The predicted molar refractivity (Wildman–Crippen MR) is 66.9 cm³/mol. The zero-order valence-corrected chi connectivity index (χ0v) is 11.7. The van der Waals surface area contributed by atoms with Gasteiger partial charge in [-0.15, -0.1) is 0 Å². The van der Waals surface area contributed by atoms with E-state index < -0.39 is 0 Å². The van der Waals surface area contributed by atoms with Crippen LogP contribution in [-0.4, -0.2) is 32.7 Å². The molecule has 100 valence electrons. The van der Waals surface area contributed by atoms with Crippen molar-refractivity contribution >= 4 is 0 Å². The first-order valence-corrected chi connectivity index (χ1v) is 6.70. The SMILES string of the molecule is COCCCC1(C)CC(C)(C)CC12OCCO2. The van der Waals surface area contributed by atoms with Crippen LogP contribution in [0.2, 0.25) is 0 Å². The van der Waals surface area contributed by atoms with E-state index in [2.05, 4.69) is 20.8 Å². The Labute approximate surface area is 105 Å². The number of hydrogen-bond donors (Lipinski definition) is 0. The summed E-state index contributed by atoms with van der Waals surface area (Å²) in [7, 11) is 1.76. The van der Waals surface area contributed by atoms with Gasteiger partial charge in [-0.05, 0) is 24.7 Å². The molecule has 2 aliphatic rings. The van der Waals surface area contributed by atoms with Gasteiger partial charge in [-0.3, -0.25) is 0 Å². The van der Waals surface area contributed by atoms with Crippen molar-refractivity contribution in [3.8, 4) is 0 Å². The molecule has 1 spiro atoms. The summed E-state index contributed by atoms with van der Waals surface area (Å²) in [5.74, 6) is -0.329. The van der Waals surface area contributed by atoms with Crippen LogP contribution in [0.25, 0.3) is 0 Å². The molecule has 3 nitrogen and oxygen atoms in total. The van der Waals surface area contributed by atoms with Crippen LogP contribution in [0.3, 0.4) is 0 Å². The third-order valence-electron chi connectivity index (χ3n) is 4.33. The molecule has 17 heavy (non-hydrogen) atoms. The Morgan fingerprint density at radius 1 is 1.06 bits per heavy atom. The van der Waals surface area contributed by atoms with E-state index in [1.54, 1.807) is 7.11 Å². The molecule has 0 radical (unpaired) electrons. The largest absolute Gasteiger partial charge is 0.385 e. The van der Waals surface area contributed by atoms with Crippen LogP contribution in [-0.2, 0) is 14.2 Å². The molecule has 0 aromatic rings. The second kappa shape index (κ2) is 4.52. The molecule has 0 aromatic heterocycles. The highest BCUT2D eigenvalue weighted by molar-refractivity contribution is 5.05. The van der Waals surface area contributed by atoms with Crippen molar-refractivity contribution in [1.29, 1.82) is 0 Å². The van der Waals surface area contributed by atoms with Crippen LogP contribution >= 0.6 is 0 Å². The molecule has 1 saturated carbocycles. The monoisotopic (exact) mass is 242 g/mol. The van der Waals surface area contributed by atoms with E-state index in [0.29, 0.717) is 5.41 Å². The van der Waals surface area contributed by atoms with Crippen molar-refractivity contribution in [3.05, 3.63) is 0 Å². The predicted octanol–water partition coefficient (Wildman–Crippen LogP) is 2.98. The molecule has 1 heterocycles. The Morgan fingerprint density at radius 2 is 1.71 bits per heavy atom. The van der Waals surface area contributed by atoms with Gasteiger partial charge < -0.3 is 14.2 Å². The number of ether oxygens (including phenoxy) is 3. The second-order valence-corrected chi connectivity index (χ2v) is 6.62. The maximum absolute atomic E-state index is 6.02. The average molecular weight is 242 g/mol. The highest BCUT2D eigenvalue weighted by Crippen LogP contribution is 2.60. The smallest absolute Gasteiger partial charge is 0.174 e. The maximum Gasteiger partial charge on any atom is 0.174 e. The Kier molecular flexibility index (Phi) is 3.54. The van der Waals surface area contributed by atoms with E-state index in [1.807, 2.05) is 0 Å². The maximum atomic E-state index is 6.02. The fourth-order valence-corrected chi connectivity index (χ4v) is 3.89. The van der Waals surface area contributed by atoms with Crippen LogP contribution < -0.4 is 0 Å². The first-order valence-electron chi connectivity index (χ1n) is 6.70. The van der Waals surface area contributed by atoms with Crippen molar-refractivity contribution in [2.45, 2.75) is 52.2 Å². The van der Waals surface area contributed by atoms with Crippen LogP contribution in [0.4, 0.5) is 0 Å². The third-order valence-corrected chi connectivity index (χ3v) is 4.33. The first-order chi connectivity index (χ1) is 7.93.